The Balaban J connectivity index is 2.24. The standard InChI is InChI=1S/C11H19NO4/c1-3-15-10(13)6-8(2)16-11(14)9-4-5-12-7-9/h8-9,12H,3-7H2,1-2H3. The summed E-state index contributed by atoms with van der Waals surface area (Å²) in [4.78, 5) is 22.7. The van der Waals surface area contributed by atoms with E-state index in [2.05, 4.69) is 5.32 Å². The van der Waals surface area contributed by atoms with Crippen molar-refractivity contribution < 1.29 is 19.1 Å². The summed E-state index contributed by atoms with van der Waals surface area (Å²) in [6.07, 6.45) is 0.525. The number of hydrogen-bond donors (Lipinski definition) is 1. The van der Waals surface area contributed by atoms with Gasteiger partial charge in [-0.25, -0.2) is 0 Å². The molecule has 1 N–H and O–H groups in total. The molecule has 2 atom stereocenters. The molecule has 0 aromatic rings. The molecule has 1 heterocycles. The van der Waals surface area contributed by atoms with Crippen molar-refractivity contribution in [3.8, 4) is 0 Å². The zero-order valence-corrected chi connectivity index (χ0v) is 9.82. The predicted octanol–water partition coefficient (Wildman–Crippen LogP) is 0.481. The van der Waals surface area contributed by atoms with Gasteiger partial charge in [-0.1, -0.05) is 0 Å². The van der Waals surface area contributed by atoms with Gasteiger partial charge in [0.25, 0.3) is 0 Å². The zero-order chi connectivity index (χ0) is 12.0. The highest BCUT2D eigenvalue weighted by Gasteiger charge is 2.25. The molecule has 0 aliphatic carbocycles. The van der Waals surface area contributed by atoms with Gasteiger partial charge in [-0.2, -0.15) is 0 Å². The zero-order valence-electron chi connectivity index (χ0n) is 9.82. The Hall–Kier alpha value is -1.10. The first-order chi connectivity index (χ1) is 7.63. The molecule has 1 aliphatic heterocycles. The van der Waals surface area contributed by atoms with Crippen LogP contribution in [0.4, 0.5) is 0 Å². The van der Waals surface area contributed by atoms with Gasteiger partial charge in [0, 0.05) is 6.54 Å². The fraction of sp³-hybridized carbons (Fsp3) is 0.818. The third-order valence-electron chi connectivity index (χ3n) is 2.47. The van der Waals surface area contributed by atoms with E-state index in [4.69, 9.17) is 9.47 Å². The van der Waals surface area contributed by atoms with E-state index in [-0.39, 0.29) is 24.3 Å². The van der Waals surface area contributed by atoms with Gasteiger partial charge in [0.05, 0.1) is 18.9 Å². The fourth-order valence-corrected chi connectivity index (χ4v) is 1.65. The smallest absolute Gasteiger partial charge is 0.310 e. The summed E-state index contributed by atoms with van der Waals surface area (Å²) in [6, 6.07) is 0. The van der Waals surface area contributed by atoms with Gasteiger partial charge in [0.2, 0.25) is 0 Å². The maximum atomic E-state index is 11.6. The van der Waals surface area contributed by atoms with E-state index < -0.39 is 6.10 Å². The van der Waals surface area contributed by atoms with Crippen LogP contribution in [-0.2, 0) is 19.1 Å². The van der Waals surface area contributed by atoms with Crippen LogP contribution in [0.1, 0.15) is 26.7 Å². The van der Waals surface area contributed by atoms with Crippen LogP contribution in [-0.4, -0.2) is 37.7 Å². The van der Waals surface area contributed by atoms with E-state index in [9.17, 15) is 9.59 Å². The van der Waals surface area contributed by atoms with Crippen molar-refractivity contribution >= 4 is 11.9 Å². The molecule has 1 saturated heterocycles. The van der Waals surface area contributed by atoms with Gasteiger partial charge in [-0.15, -0.1) is 0 Å². The van der Waals surface area contributed by atoms with Crippen LogP contribution >= 0.6 is 0 Å². The molecule has 92 valence electrons. The molecule has 0 radical (unpaired) electrons. The molecule has 1 rings (SSSR count). The number of hydrogen-bond acceptors (Lipinski definition) is 5. The Morgan fingerprint density at radius 3 is 2.81 bits per heavy atom. The maximum absolute atomic E-state index is 11.6. The lowest BCUT2D eigenvalue weighted by atomic mass is 10.1. The average molecular weight is 229 g/mol. The Morgan fingerprint density at radius 1 is 1.50 bits per heavy atom. The number of esters is 2. The third kappa shape index (κ3) is 4.18. The van der Waals surface area contributed by atoms with Crippen molar-refractivity contribution in [2.45, 2.75) is 32.8 Å². The lowest BCUT2D eigenvalue weighted by Crippen LogP contribution is -2.26. The van der Waals surface area contributed by atoms with Crippen LogP contribution in [0.3, 0.4) is 0 Å². The number of ether oxygens (including phenoxy) is 2. The van der Waals surface area contributed by atoms with Crippen molar-refractivity contribution in [2.24, 2.45) is 5.92 Å². The fourth-order valence-electron chi connectivity index (χ4n) is 1.65. The van der Waals surface area contributed by atoms with Gasteiger partial charge >= 0.3 is 11.9 Å². The van der Waals surface area contributed by atoms with Crippen LogP contribution in [0, 0.1) is 5.92 Å². The van der Waals surface area contributed by atoms with E-state index in [1.54, 1.807) is 13.8 Å². The molecule has 0 saturated carbocycles. The van der Waals surface area contributed by atoms with E-state index in [1.165, 1.54) is 0 Å². The molecular weight excluding hydrogens is 210 g/mol. The van der Waals surface area contributed by atoms with Gasteiger partial charge in [0.1, 0.15) is 6.10 Å². The molecule has 5 nitrogen and oxygen atoms in total. The van der Waals surface area contributed by atoms with Crippen molar-refractivity contribution in [1.82, 2.24) is 5.32 Å². The summed E-state index contributed by atoms with van der Waals surface area (Å²) >= 11 is 0. The molecule has 0 spiro atoms. The lowest BCUT2D eigenvalue weighted by molar-refractivity contribution is -0.156. The van der Waals surface area contributed by atoms with Crippen LogP contribution in [0.5, 0.6) is 0 Å². The molecule has 0 amide bonds. The summed E-state index contributed by atoms with van der Waals surface area (Å²) in [5.74, 6) is -0.612. The quantitative estimate of drug-likeness (QED) is 0.695. The third-order valence-corrected chi connectivity index (χ3v) is 2.47. The predicted molar refractivity (Wildman–Crippen MR) is 57.8 cm³/mol. The normalized spacial score (nSPS) is 21.5. The molecule has 2 unspecified atom stereocenters. The van der Waals surface area contributed by atoms with Crippen LogP contribution in [0.2, 0.25) is 0 Å². The van der Waals surface area contributed by atoms with Crippen molar-refractivity contribution in [3.63, 3.8) is 0 Å². The SMILES string of the molecule is CCOC(=O)CC(C)OC(=O)C1CCNC1. The number of carbonyl (C=O) groups excluding carboxylic acids is 2. The largest absolute Gasteiger partial charge is 0.466 e. The van der Waals surface area contributed by atoms with Gasteiger partial charge < -0.3 is 14.8 Å². The number of nitrogens with one attached hydrogen (secondary N) is 1. The molecule has 0 aromatic carbocycles. The number of carbonyl (C=O) groups is 2. The highest BCUT2D eigenvalue weighted by Crippen LogP contribution is 2.12. The Kier molecular flexibility index (Phi) is 5.25. The highest BCUT2D eigenvalue weighted by molar-refractivity contribution is 5.74. The van der Waals surface area contributed by atoms with Crippen LogP contribution < -0.4 is 5.32 Å². The summed E-state index contributed by atoms with van der Waals surface area (Å²) in [5, 5.41) is 3.10. The lowest BCUT2D eigenvalue weighted by Gasteiger charge is -2.15. The second-order valence-electron chi connectivity index (χ2n) is 3.95. The van der Waals surface area contributed by atoms with Crippen molar-refractivity contribution in [3.05, 3.63) is 0 Å². The number of rotatable bonds is 5. The molecule has 5 heteroatoms. The Morgan fingerprint density at radius 2 is 2.25 bits per heavy atom. The van der Waals surface area contributed by atoms with Crippen molar-refractivity contribution in [1.29, 1.82) is 0 Å². The molecule has 1 aliphatic rings. The summed E-state index contributed by atoms with van der Waals surface area (Å²) in [7, 11) is 0. The first-order valence-corrected chi connectivity index (χ1v) is 5.70. The van der Waals surface area contributed by atoms with Crippen LogP contribution in [0.25, 0.3) is 0 Å². The minimum absolute atomic E-state index is 0.0651. The minimum atomic E-state index is -0.410. The summed E-state index contributed by atoms with van der Waals surface area (Å²) in [5.41, 5.74) is 0. The molecule has 0 bridgehead atoms. The Labute approximate surface area is 95.5 Å². The van der Waals surface area contributed by atoms with Gasteiger partial charge in [-0.05, 0) is 26.8 Å². The maximum Gasteiger partial charge on any atom is 0.310 e. The van der Waals surface area contributed by atoms with Gasteiger partial charge in [0.15, 0.2) is 0 Å². The Bertz CT molecular complexity index is 248. The monoisotopic (exact) mass is 229 g/mol. The minimum Gasteiger partial charge on any atom is -0.466 e. The second kappa shape index (κ2) is 6.48. The first kappa shape index (κ1) is 13.0. The molecule has 16 heavy (non-hydrogen) atoms. The molecule has 0 aromatic heterocycles. The van der Waals surface area contributed by atoms with E-state index in [1.807, 2.05) is 0 Å². The topological polar surface area (TPSA) is 64.6 Å². The molecular formula is C11H19NO4. The van der Waals surface area contributed by atoms with E-state index >= 15 is 0 Å². The summed E-state index contributed by atoms with van der Waals surface area (Å²) < 4.78 is 9.95. The summed E-state index contributed by atoms with van der Waals surface area (Å²) in [6.45, 7) is 5.33. The second-order valence-corrected chi connectivity index (χ2v) is 3.95. The highest BCUT2D eigenvalue weighted by atomic mass is 16.6. The van der Waals surface area contributed by atoms with Gasteiger partial charge in [-0.3, -0.25) is 9.59 Å². The molecule has 1 fully saturated rings. The first-order valence-electron chi connectivity index (χ1n) is 5.70. The van der Waals surface area contributed by atoms with Crippen molar-refractivity contribution in [2.75, 3.05) is 19.7 Å². The van der Waals surface area contributed by atoms with Crippen LogP contribution in [0.15, 0.2) is 0 Å². The average Bonchev–Trinajstić information content (AvgIpc) is 2.69. The van der Waals surface area contributed by atoms with E-state index in [0.717, 1.165) is 13.0 Å². The van der Waals surface area contributed by atoms with E-state index in [0.29, 0.717) is 13.2 Å².